The van der Waals surface area contributed by atoms with Crippen LogP contribution in [0, 0.1) is 29.6 Å². The lowest BCUT2D eigenvalue weighted by Crippen LogP contribution is -2.44. The van der Waals surface area contributed by atoms with E-state index in [9.17, 15) is 34.8 Å². The Hall–Kier alpha value is -1.75. The summed E-state index contributed by atoms with van der Waals surface area (Å²) < 4.78 is 11.3. The minimum absolute atomic E-state index is 0.0573. The van der Waals surface area contributed by atoms with E-state index in [1.807, 2.05) is 27.7 Å². The third-order valence-corrected chi connectivity index (χ3v) is 7.78. The molecule has 1 fully saturated rings. The maximum atomic E-state index is 12.9. The Balaban J connectivity index is 3.08. The number of aliphatic hydroxyl groups is 4. The fourth-order valence-corrected chi connectivity index (χ4v) is 5.59. The average molecular weight is 546 g/mol. The minimum atomic E-state index is -1.02. The molecule has 1 rings (SSSR count). The molecule has 0 radical (unpaired) electrons. The van der Waals surface area contributed by atoms with Crippen LogP contribution in [0.3, 0.4) is 0 Å². The summed E-state index contributed by atoms with van der Waals surface area (Å²) in [5, 5.41) is 44.3. The molecule has 0 aromatic heterocycles. The van der Waals surface area contributed by atoms with Gasteiger partial charge < -0.3 is 35.2 Å². The monoisotopic (exact) mass is 545 g/mol. The van der Waals surface area contributed by atoms with E-state index < -0.39 is 66.4 Å². The van der Waals surface area contributed by atoms with Gasteiger partial charge >= 0.3 is 11.9 Å². The second-order valence-corrected chi connectivity index (χ2v) is 11.8. The molecule has 0 spiro atoms. The smallest absolute Gasteiger partial charge is 0.328 e. The Morgan fingerprint density at radius 3 is 2.18 bits per heavy atom. The van der Waals surface area contributed by atoms with Gasteiger partial charge in [-0.05, 0) is 56.8 Å². The zero-order chi connectivity index (χ0) is 29.3. The molecular weight excluding hydrogens is 494 g/mol. The molecule has 0 aromatic rings. The number of esters is 2. The normalized spacial score (nSPS) is 32.6. The molecule has 0 saturated carbocycles. The van der Waals surface area contributed by atoms with Gasteiger partial charge in [0.25, 0.3) is 0 Å². The molecule has 12 unspecified atom stereocenters. The van der Waals surface area contributed by atoms with Gasteiger partial charge in [-0.2, -0.15) is 0 Å². The van der Waals surface area contributed by atoms with Gasteiger partial charge in [0, 0.05) is 19.3 Å². The lowest BCUT2D eigenvalue weighted by atomic mass is 9.78. The molecule has 0 bridgehead atoms. The molecule has 1 saturated heterocycles. The highest BCUT2D eigenvalue weighted by Gasteiger charge is 2.37. The number of rotatable bonds is 9. The second-order valence-electron chi connectivity index (χ2n) is 11.8. The van der Waals surface area contributed by atoms with E-state index in [1.54, 1.807) is 13.8 Å². The second kappa shape index (κ2) is 15.7. The first kappa shape index (κ1) is 34.3. The fraction of sp³-hybridized carbons (Fsp3) is 0.893. The number of carbonyl (C=O) groups is 3. The van der Waals surface area contributed by atoms with E-state index >= 15 is 0 Å². The van der Waals surface area contributed by atoms with E-state index in [-0.39, 0.29) is 42.9 Å². The molecule has 12 atom stereocenters. The van der Waals surface area contributed by atoms with E-state index in [2.05, 4.69) is 5.32 Å². The maximum absolute atomic E-state index is 12.9. The molecule has 0 aromatic carbocycles. The number of ether oxygens (including phenoxy) is 2. The van der Waals surface area contributed by atoms with Crippen molar-refractivity contribution in [1.29, 1.82) is 0 Å². The van der Waals surface area contributed by atoms with Crippen molar-refractivity contribution in [2.45, 2.75) is 130 Å². The van der Waals surface area contributed by atoms with Crippen molar-refractivity contribution in [1.82, 2.24) is 5.32 Å². The van der Waals surface area contributed by atoms with Crippen LogP contribution in [0.5, 0.6) is 0 Å². The van der Waals surface area contributed by atoms with E-state index in [1.165, 1.54) is 13.8 Å². The quantitative estimate of drug-likeness (QED) is 0.273. The fourth-order valence-electron chi connectivity index (χ4n) is 5.59. The zero-order valence-corrected chi connectivity index (χ0v) is 24.3. The number of nitrogens with one attached hydrogen (secondary N) is 1. The van der Waals surface area contributed by atoms with Crippen LogP contribution < -0.4 is 5.32 Å². The highest BCUT2D eigenvalue weighted by molar-refractivity contribution is 5.84. The van der Waals surface area contributed by atoms with Crippen molar-refractivity contribution < 1.29 is 44.3 Å². The molecule has 1 amide bonds. The van der Waals surface area contributed by atoms with E-state index in [0.717, 1.165) is 0 Å². The summed E-state index contributed by atoms with van der Waals surface area (Å²) in [5.41, 5.74) is 0. The summed E-state index contributed by atoms with van der Waals surface area (Å²) in [6.45, 7) is 13.8. The molecule has 10 heteroatoms. The van der Waals surface area contributed by atoms with Crippen molar-refractivity contribution >= 4 is 17.8 Å². The number of carbonyl (C=O) groups excluding carboxylic acids is 3. The first-order chi connectivity index (χ1) is 17.5. The summed E-state index contributed by atoms with van der Waals surface area (Å²) in [6, 6.07) is -0.910. The maximum Gasteiger partial charge on any atom is 0.328 e. The van der Waals surface area contributed by atoms with Gasteiger partial charge in [-0.25, -0.2) is 4.79 Å². The van der Waals surface area contributed by atoms with Gasteiger partial charge in [0.05, 0.1) is 30.8 Å². The predicted molar refractivity (Wildman–Crippen MR) is 142 cm³/mol. The Bertz CT molecular complexity index is 761. The summed E-state index contributed by atoms with van der Waals surface area (Å²) in [6.07, 6.45) is -3.52. The van der Waals surface area contributed by atoms with Crippen molar-refractivity contribution in [2.24, 2.45) is 29.6 Å². The van der Waals surface area contributed by atoms with Crippen LogP contribution in [0.25, 0.3) is 0 Å². The number of amides is 1. The van der Waals surface area contributed by atoms with Crippen molar-refractivity contribution in [3.8, 4) is 0 Å². The standard InChI is InChI=1S/C28H51NO9/c1-14-9-16(3)27(38-28(36)20(7)29-25(34)13-22(32)12-23(14)33)17(4)10-15(2)26(35)19(6)24(11-18(5)30)37-21(8)31/h14-20,22-24,26-27,30,32-33,35H,9-13H2,1-8H3,(H,29,34). The summed E-state index contributed by atoms with van der Waals surface area (Å²) in [7, 11) is 0. The van der Waals surface area contributed by atoms with Crippen molar-refractivity contribution in [3.63, 3.8) is 0 Å². The molecule has 5 N–H and O–H groups in total. The van der Waals surface area contributed by atoms with Gasteiger partial charge in [-0.1, -0.05) is 34.6 Å². The first-order valence-corrected chi connectivity index (χ1v) is 13.9. The average Bonchev–Trinajstić information content (AvgIpc) is 2.79. The van der Waals surface area contributed by atoms with Crippen molar-refractivity contribution in [3.05, 3.63) is 0 Å². The lowest BCUT2D eigenvalue weighted by Gasteiger charge is -2.36. The van der Waals surface area contributed by atoms with E-state index in [0.29, 0.717) is 12.8 Å². The van der Waals surface area contributed by atoms with Gasteiger partial charge in [0.15, 0.2) is 0 Å². The highest BCUT2D eigenvalue weighted by Crippen LogP contribution is 2.33. The SMILES string of the molecule is CC(=O)OC(CC(C)O)C(C)C(O)C(C)CC(C)C1OC(=O)C(C)NC(=O)CC(O)CC(O)C(C)CC1C. The van der Waals surface area contributed by atoms with Crippen LogP contribution >= 0.6 is 0 Å². The Morgan fingerprint density at radius 2 is 1.63 bits per heavy atom. The number of aliphatic hydroxyl groups excluding tert-OH is 4. The largest absolute Gasteiger partial charge is 0.462 e. The number of hydrogen-bond donors (Lipinski definition) is 5. The van der Waals surface area contributed by atoms with Gasteiger partial charge in [0.1, 0.15) is 18.2 Å². The summed E-state index contributed by atoms with van der Waals surface area (Å²) >= 11 is 0. The summed E-state index contributed by atoms with van der Waals surface area (Å²) in [5.74, 6) is -2.79. The van der Waals surface area contributed by atoms with Gasteiger partial charge in [-0.15, -0.1) is 0 Å². The Labute approximate surface area is 227 Å². The molecule has 10 nitrogen and oxygen atoms in total. The topological polar surface area (TPSA) is 163 Å². The highest BCUT2D eigenvalue weighted by atomic mass is 16.5. The number of cyclic esters (lactones) is 1. The predicted octanol–water partition coefficient (Wildman–Crippen LogP) is 1.94. The van der Waals surface area contributed by atoms with Crippen LogP contribution in [0.15, 0.2) is 0 Å². The molecule has 38 heavy (non-hydrogen) atoms. The summed E-state index contributed by atoms with van der Waals surface area (Å²) in [4.78, 5) is 36.7. The molecule has 222 valence electrons. The van der Waals surface area contributed by atoms with Crippen LogP contribution in [0.1, 0.15) is 87.5 Å². The molecular formula is C28H51NO9. The first-order valence-electron chi connectivity index (χ1n) is 13.9. The zero-order valence-electron chi connectivity index (χ0n) is 24.3. The van der Waals surface area contributed by atoms with Crippen LogP contribution in [0.2, 0.25) is 0 Å². The van der Waals surface area contributed by atoms with Gasteiger partial charge in [-0.3, -0.25) is 9.59 Å². The lowest BCUT2D eigenvalue weighted by molar-refractivity contribution is -0.159. The van der Waals surface area contributed by atoms with Crippen LogP contribution in [-0.4, -0.2) is 80.9 Å². The Morgan fingerprint density at radius 1 is 1.03 bits per heavy atom. The molecule has 0 aliphatic carbocycles. The minimum Gasteiger partial charge on any atom is -0.462 e. The number of hydrogen-bond acceptors (Lipinski definition) is 9. The van der Waals surface area contributed by atoms with Crippen molar-refractivity contribution in [2.75, 3.05) is 0 Å². The Kier molecular flexibility index (Phi) is 14.2. The third kappa shape index (κ3) is 11.2. The van der Waals surface area contributed by atoms with Crippen LogP contribution in [-0.2, 0) is 23.9 Å². The van der Waals surface area contributed by atoms with Crippen LogP contribution in [0.4, 0.5) is 0 Å². The molecule has 1 heterocycles. The molecule has 1 aliphatic heterocycles. The molecule has 1 aliphatic rings. The van der Waals surface area contributed by atoms with E-state index in [4.69, 9.17) is 9.47 Å². The van der Waals surface area contributed by atoms with Gasteiger partial charge in [0.2, 0.25) is 5.91 Å². The third-order valence-electron chi connectivity index (χ3n) is 7.78.